The molecule has 0 aliphatic rings. The zero-order chi connectivity index (χ0) is 50.2. The van der Waals surface area contributed by atoms with Crippen LogP contribution < -0.4 is 10.2 Å². The second kappa shape index (κ2) is 60.8. The SMILES string of the molecule is CCCCCCCCCCCC(=O)OC(CC)CCCCCCCCCCCCCCC(=O)[O-].CCCCCCCCCCCC(=O)OC(CC)CCCCCCCCCCCCCCC(=O)[O-].[Zn+2]. The summed E-state index contributed by atoms with van der Waals surface area (Å²) >= 11 is 0. The Balaban J connectivity index is -0.00000124. The average molecular weight is 1030 g/mol. The van der Waals surface area contributed by atoms with Crippen molar-refractivity contribution in [3.8, 4) is 0 Å². The summed E-state index contributed by atoms with van der Waals surface area (Å²) in [4.78, 5) is 45.0. The minimum Gasteiger partial charge on any atom is -0.550 e. The number of rotatable bonds is 54. The largest absolute Gasteiger partial charge is 2.00 e. The number of hydrogen-bond acceptors (Lipinski definition) is 8. The van der Waals surface area contributed by atoms with Crippen molar-refractivity contribution < 1.29 is 58.3 Å². The van der Waals surface area contributed by atoms with Crippen molar-refractivity contribution in [3.63, 3.8) is 0 Å². The van der Waals surface area contributed by atoms with E-state index in [0.717, 1.165) is 103 Å². The van der Waals surface area contributed by atoms with Gasteiger partial charge in [-0.15, -0.1) is 0 Å². The van der Waals surface area contributed by atoms with Gasteiger partial charge in [-0.3, -0.25) is 9.59 Å². The van der Waals surface area contributed by atoms with E-state index >= 15 is 0 Å². The van der Waals surface area contributed by atoms with Gasteiger partial charge in [0.15, 0.2) is 0 Å². The Morgan fingerprint density at radius 2 is 0.478 bits per heavy atom. The summed E-state index contributed by atoms with van der Waals surface area (Å²) < 4.78 is 11.4. The summed E-state index contributed by atoms with van der Waals surface area (Å²) in [5, 5.41) is 20.7. The first-order chi connectivity index (χ1) is 33.2. The summed E-state index contributed by atoms with van der Waals surface area (Å²) in [6, 6.07) is 0. The zero-order valence-corrected chi connectivity index (χ0v) is 49.5. The molecule has 0 fully saturated rings. The van der Waals surface area contributed by atoms with E-state index < -0.39 is 11.9 Å². The van der Waals surface area contributed by atoms with Crippen LogP contribution in [0.5, 0.6) is 0 Å². The minimum absolute atomic E-state index is 0. The number of hydrogen-bond donors (Lipinski definition) is 0. The van der Waals surface area contributed by atoms with Crippen LogP contribution in [0.3, 0.4) is 0 Å². The number of carbonyl (C=O) groups excluding carboxylic acids is 4. The number of carbonyl (C=O) groups is 4. The molecule has 0 saturated carbocycles. The van der Waals surface area contributed by atoms with Crippen LogP contribution in [0.2, 0.25) is 0 Å². The zero-order valence-electron chi connectivity index (χ0n) is 46.5. The van der Waals surface area contributed by atoms with E-state index in [1.807, 2.05) is 0 Å². The van der Waals surface area contributed by atoms with E-state index in [4.69, 9.17) is 9.47 Å². The van der Waals surface area contributed by atoms with Gasteiger partial charge < -0.3 is 29.3 Å². The molecule has 0 saturated heterocycles. The Labute approximate surface area is 441 Å². The summed E-state index contributed by atoms with van der Waals surface area (Å²) in [5.74, 6) is -1.83. The molecule has 2 atom stereocenters. The monoisotopic (exact) mass is 1030 g/mol. The second-order valence-corrected chi connectivity index (χ2v) is 20.5. The number of unbranched alkanes of at least 4 members (excludes halogenated alkanes) is 38. The van der Waals surface area contributed by atoms with Gasteiger partial charge in [0.2, 0.25) is 0 Å². The molecule has 0 aromatic rings. The predicted molar refractivity (Wildman–Crippen MR) is 283 cm³/mol. The Kier molecular flexibility index (Phi) is 63.2. The van der Waals surface area contributed by atoms with Crippen LogP contribution in [0.15, 0.2) is 0 Å². The van der Waals surface area contributed by atoms with E-state index in [2.05, 4.69) is 27.7 Å². The molecule has 8 nitrogen and oxygen atoms in total. The molecule has 0 rings (SSSR count). The van der Waals surface area contributed by atoms with Crippen LogP contribution in [-0.4, -0.2) is 36.1 Å². The van der Waals surface area contributed by atoms with Gasteiger partial charge in [0, 0.05) is 24.8 Å². The van der Waals surface area contributed by atoms with Crippen LogP contribution >= 0.6 is 0 Å². The van der Waals surface area contributed by atoms with Crippen molar-refractivity contribution in [2.75, 3.05) is 0 Å². The molecule has 0 aromatic heterocycles. The Hall–Kier alpha value is -1.50. The van der Waals surface area contributed by atoms with Crippen LogP contribution in [0.4, 0.5) is 0 Å². The van der Waals surface area contributed by atoms with E-state index in [9.17, 15) is 29.4 Å². The van der Waals surface area contributed by atoms with Crippen molar-refractivity contribution in [2.45, 2.75) is 361 Å². The molecule has 0 aromatic carbocycles. The fourth-order valence-corrected chi connectivity index (χ4v) is 9.16. The molecular weight excluding hydrogens is 914 g/mol. The van der Waals surface area contributed by atoms with Crippen molar-refractivity contribution in [3.05, 3.63) is 0 Å². The first kappa shape index (κ1) is 71.8. The van der Waals surface area contributed by atoms with Gasteiger partial charge in [-0.1, -0.05) is 259 Å². The van der Waals surface area contributed by atoms with E-state index in [-0.39, 0.29) is 56.5 Å². The van der Waals surface area contributed by atoms with Gasteiger partial charge >= 0.3 is 31.4 Å². The number of esters is 2. The number of carboxylic acids is 2. The molecule has 404 valence electrons. The molecule has 0 aliphatic carbocycles. The maximum atomic E-state index is 12.1. The second-order valence-electron chi connectivity index (χ2n) is 20.5. The first-order valence-electron chi connectivity index (χ1n) is 30.0. The van der Waals surface area contributed by atoms with Crippen LogP contribution in [0, 0.1) is 0 Å². The third-order valence-corrected chi connectivity index (χ3v) is 13.8. The average Bonchev–Trinajstić information content (AvgIpc) is 3.32. The maximum Gasteiger partial charge on any atom is 2.00 e. The molecule has 0 amide bonds. The quantitative estimate of drug-likeness (QED) is 0.0334. The summed E-state index contributed by atoms with van der Waals surface area (Å²) in [5.41, 5.74) is 0. The maximum absolute atomic E-state index is 12.1. The molecule has 0 aliphatic heterocycles. The topological polar surface area (TPSA) is 133 Å². The fraction of sp³-hybridized carbons (Fsp3) is 0.933. The Morgan fingerprint density at radius 1 is 0.290 bits per heavy atom. The summed E-state index contributed by atoms with van der Waals surface area (Å²) in [7, 11) is 0. The molecule has 2 unspecified atom stereocenters. The number of ether oxygens (including phenoxy) is 2. The smallest absolute Gasteiger partial charge is 0.550 e. The molecule has 0 radical (unpaired) electrons. The van der Waals surface area contributed by atoms with E-state index in [0.29, 0.717) is 12.8 Å². The normalized spacial score (nSPS) is 11.9. The molecule has 69 heavy (non-hydrogen) atoms. The van der Waals surface area contributed by atoms with Gasteiger partial charge in [-0.2, -0.15) is 0 Å². The molecule has 0 bridgehead atoms. The van der Waals surface area contributed by atoms with Crippen molar-refractivity contribution >= 4 is 23.9 Å². The first-order valence-corrected chi connectivity index (χ1v) is 30.0. The summed E-state index contributed by atoms with van der Waals surface area (Å²) in [6.45, 7) is 8.76. The molecule has 0 N–H and O–H groups in total. The fourth-order valence-electron chi connectivity index (χ4n) is 9.16. The standard InChI is InChI=1S/2C30H58O4.Zn/c2*1-3-5-6-7-8-13-18-21-24-27-30(33)34-28(4-2)25-22-19-16-14-11-9-10-12-15-17-20-23-26-29(31)32;/h2*28H,3-27H2,1-2H3,(H,31,32);/q;;+2/p-2. The van der Waals surface area contributed by atoms with Gasteiger partial charge in [0.05, 0.1) is 0 Å². The van der Waals surface area contributed by atoms with Crippen molar-refractivity contribution in [1.82, 2.24) is 0 Å². The number of carboxylic acid groups (broad SMARTS) is 2. The van der Waals surface area contributed by atoms with Crippen molar-refractivity contribution in [2.24, 2.45) is 0 Å². The number of aliphatic carboxylic acids is 2. The predicted octanol–water partition coefficient (Wildman–Crippen LogP) is 16.9. The van der Waals surface area contributed by atoms with Crippen LogP contribution in [0.1, 0.15) is 349 Å². The van der Waals surface area contributed by atoms with Gasteiger partial charge in [0.1, 0.15) is 12.2 Å². The van der Waals surface area contributed by atoms with Gasteiger partial charge in [-0.05, 0) is 77.0 Å². The third-order valence-electron chi connectivity index (χ3n) is 13.8. The van der Waals surface area contributed by atoms with Gasteiger partial charge in [0.25, 0.3) is 0 Å². The van der Waals surface area contributed by atoms with Crippen LogP contribution in [-0.2, 0) is 48.1 Å². The molecule has 0 spiro atoms. The molecule has 9 heteroatoms. The molecular formula is C60H114O8Zn. The van der Waals surface area contributed by atoms with Crippen LogP contribution in [0.25, 0.3) is 0 Å². The third kappa shape index (κ3) is 62.6. The van der Waals surface area contributed by atoms with E-state index in [1.165, 1.54) is 193 Å². The minimum atomic E-state index is -0.921. The Morgan fingerprint density at radius 3 is 0.681 bits per heavy atom. The van der Waals surface area contributed by atoms with E-state index in [1.54, 1.807) is 0 Å². The summed E-state index contributed by atoms with van der Waals surface area (Å²) in [6.07, 6.45) is 57.3. The molecule has 0 heterocycles. The Bertz CT molecular complexity index is 988. The van der Waals surface area contributed by atoms with Crippen molar-refractivity contribution in [1.29, 1.82) is 0 Å². The van der Waals surface area contributed by atoms with Gasteiger partial charge in [-0.25, -0.2) is 0 Å².